The van der Waals surface area contributed by atoms with Crippen LogP contribution in [0, 0.1) is 6.92 Å². The molecule has 1 aromatic heterocycles. The smallest absolute Gasteiger partial charge is 0.106 e. The third-order valence-corrected chi connectivity index (χ3v) is 3.35. The largest absolute Gasteiger partial charge is 0.381 e. The van der Waals surface area contributed by atoms with Gasteiger partial charge in [0.15, 0.2) is 0 Å². The maximum absolute atomic E-state index is 5.53. The van der Waals surface area contributed by atoms with Crippen molar-refractivity contribution in [1.29, 1.82) is 0 Å². The van der Waals surface area contributed by atoms with Gasteiger partial charge in [0.1, 0.15) is 4.60 Å². The fourth-order valence-corrected chi connectivity index (χ4v) is 2.36. The van der Waals surface area contributed by atoms with E-state index in [2.05, 4.69) is 32.3 Å². The van der Waals surface area contributed by atoms with Crippen LogP contribution in [0.5, 0.6) is 0 Å². The second kappa shape index (κ2) is 5.15. The molecule has 1 fully saturated rings. The molecule has 16 heavy (non-hydrogen) atoms. The summed E-state index contributed by atoms with van der Waals surface area (Å²) in [5.41, 5.74) is 2.16. The lowest BCUT2D eigenvalue weighted by Crippen LogP contribution is -2.41. The summed E-state index contributed by atoms with van der Waals surface area (Å²) in [5.74, 6) is 0. The molecule has 0 atom stereocenters. The Balaban J connectivity index is 1.87. The molecule has 0 spiro atoms. The average Bonchev–Trinajstić information content (AvgIpc) is 2.18. The molecule has 4 heteroatoms. The number of ether oxygens (including phenoxy) is 1. The molecule has 0 saturated heterocycles. The molecule has 1 aliphatic carbocycles. The van der Waals surface area contributed by atoms with Gasteiger partial charge in [-0.1, -0.05) is 0 Å². The van der Waals surface area contributed by atoms with Gasteiger partial charge >= 0.3 is 0 Å². The summed E-state index contributed by atoms with van der Waals surface area (Å²) < 4.78 is 6.42. The van der Waals surface area contributed by atoms with Crippen LogP contribution in [0.3, 0.4) is 0 Å². The number of aryl methyl sites for hydroxylation is 1. The third-order valence-electron chi connectivity index (χ3n) is 2.91. The van der Waals surface area contributed by atoms with Gasteiger partial charge in [0.25, 0.3) is 0 Å². The van der Waals surface area contributed by atoms with Gasteiger partial charge in [-0.05, 0) is 54.8 Å². The van der Waals surface area contributed by atoms with E-state index in [-0.39, 0.29) is 0 Å². The highest BCUT2D eigenvalue weighted by Crippen LogP contribution is 2.28. The maximum Gasteiger partial charge on any atom is 0.106 e. The first-order chi connectivity index (χ1) is 7.69. The summed E-state index contributed by atoms with van der Waals surface area (Å²) in [6, 6.07) is 4.58. The van der Waals surface area contributed by atoms with Crippen molar-refractivity contribution in [2.75, 3.05) is 11.9 Å². The van der Waals surface area contributed by atoms with E-state index >= 15 is 0 Å². The number of hydrogen-bond donors (Lipinski definition) is 1. The minimum absolute atomic E-state index is 0.450. The van der Waals surface area contributed by atoms with E-state index < -0.39 is 0 Å². The second-order valence-corrected chi connectivity index (χ2v) is 4.97. The average molecular weight is 285 g/mol. The zero-order chi connectivity index (χ0) is 11.5. The number of anilines is 1. The van der Waals surface area contributed by atoms with Crippen molar-refractivity contribution in [2.45, 2.75) is 38.8 Å². The summed E-state index contributed by atoms with van der Waals surface area (Å²) in [4.78, 5) is 4.36. The molecule has 1 heterocycles. The molecular weight excluding hydrogens is 268 g/mol. The van der Waals surface area contributed by atoms with E-state index in [1.165, 1.54) is 0 Å². The minimum atomic E-state index is 0.450. The van der Waals surface area contributed by atoms with Gasteiger partial charge in [-0.3, -0.25) is 0 Å². The van der Waals surface area contributed by atoms with Crippen molar-refractivity contribution in [1.82, 2.24) is 4.98 Å². The fraction of sp³-hybridized carbons (Fsp3) is 0.583. The Hall–Kier alpha value is -0.610. The van der Waals surface area contributed by atoms with E-state index in [0.29, 0.717) is 12.1 Å². The van der Waals surface area contributed by atoms with Gasteiger partial charge in [0.05, 0.1) is 17.5 Å². The van der Waals surface area contributed by atoms with Crippen LogP contribution in [-0.2, 0) is 4.74 Å². The first-order valence-corrected chi connectivity index (χ1v) is 6.49. The zero-order valence-corrected chi connectivity index (χ0v) is 11.3. The predicted molar refractivity (Wildman–Crippen MR) is 68.7 cm³/mol. The Kier molecular flexibility index (Phi) is 3.82. The lowest BCUT2D eigenvalue weighted by Gasteiger charge is -2.36. The topological polar surface area (TPSA) is 34.1 Å². The van der Waals surface area contributed by atoms with Gasteiger partial charge in [-0.15, -0.1) is 0 Å². The number of nitrogens with zero attached hydrogens (tertiary/aromatic N) is 1. The highest BCUT2D eigenvalue weighted by atomic mass is 79.9. The lowest BCUT2D eigenvalue weighted by molar-refractivity contribution is 0.00297. The fourth-order valence-electron chi connectivity index (χ4n) is 1.96. The van der Waals surface area contributed by atoms with E-state index in [1.807, 2.05) is 19.9 Å². The van der Waals surface area contributed by atoms with Crippen LogP contribution in [0.4, 0.5) is 5.69 Å². The Morgan fingerprint density at radius 3 is 2.88 bits per heavy atom. The molecule has 0 aromatic carbocycles. The van der Waals surface area contributed by atoms with E-state index in [4.69, 9.17) is 4.74 Å². The van der Waals surface area contributed by atoms with Crippen LogP contribution in [-0.4, -0.2) is 23.7 Å². The van der Waals surface area contributed by atoms with E-state index in [1.54, 1.807) is 0 Å². The molecule has 0 amide bonds. The summed E-state index contributed by atoms with van der Waals surface area (Å²) in [5, 5.41) is 3.50. The van der Waals surface area contributed by atoms with Crippen LogP contribution < -0.4 is 5.32 Å². The van der Waals surface area contributed by atoms with Crippen LogP contribution >= 0.6 is 15.9 Å². The molecule has 0 unspecified atom stereocenters. The van der Waals surface area contributed by atoms with Crippen molar-refractivity contribution in [2.24, 2.45) is 0 Å². The molecule has 2 rings (SSSR count). The number of nitrogens with one attached hydrogen (secondary N) is 1. The number of aromatic nitrogens is 1. The predicted octanol–water partition coefficient (Wildman–Crippen LogP) is 3.13. The number of hydrogen-bond acceptors (Lipinski definition) is 3. The molecule has 1 aliphatic rings. The Bertz CT molecular complexity index is 364. The van der Waals surface area contributed by atoms with Crippen LogP contribution in [0.1, 0.15) is 25.5 Å². The van der Waals surface area contributed by atoms with E-state index in [0.717, 1.165) is 35.4 Å². The van der Waals surface area contributed by atoms with Crippen molar-refractivity contribution in [3.05, 3.63) is 22.4 Å². The molecule has 0 bridgehead atoms. The highest BCUT2D eigenvalue weighted by molar-refractivity contribution is 9.10. The van der Waals surface area contributed by atoms with Crippen molar-refractivity contribution < 1.29 is 4.74 Å². The molecule has 0 radical (unpaired) electrons. The van der Waals surface area contributed by atoms with Crippen molar-refractivity contribution in [3.8, 4) is 0 Å². The third kappa shape index (κ3) is 2.74. The Labute approximate surface area is 105 Å². The number of rotatable bonds is 4. The Morgan fingerprint density at radius 1 is 1.50 bits per heavy atom. The van der Waals surface area contributed by atoms with Gasteiger partial charge in [-0.25, -0.2) is 4.98 Å². The standard InChI is InChI=1S/C12H17BrN2O/c1-3-16-10-6-9(7-10)15-11-4-5-12(13)14-8(11)2/h4-5,9-10,15H,3,6-7H2,1-2H3. The van der Waals surface area contributed by atoms with Crippen LogP contribution in [0.15, 0.2) is 16.7 Å². The van der Waals surface area contributed by atoms with Gasteiger partial charge < -0.3 is 10.1 Å². The molecule has 1 N–H and O–H groups in total. The van der Waals surface area contributed by atoms with E-state index in [9.17, 15) is 0 Å². The SMILES string of the molecule is CCOC1CC(Nc2ccc(Br)nc2C)C1. The molecule has 1 saturated carbocycles. The highest BCUT2D eigenvalue weighted by Gasteiger charge is 2.29. The summed E-state index contributed by atoms with van der Waals surface area (Å²) in [6.07, 6.45) is 2.65. The first kappa shape index (κ1) is 11.9. The molecule has 1 aromatic rings. The molecule has 88 valence electrons. The van der Waals surface area contributed by atoms with Crippen molar-refractivity contribution in [3.63, 3.8) is 0 Å². The van der Waals surface area contributed by atoms with Gasteiger partial charge in [0.2, 0.25) is 0 Å². The molecular formula is C12H17BrN2O. The van der Waals surface area contributed by atoms with Crippen molar-refractivity contribution >= 4 is 21.6 Å². The summed E-state index contributed by atoms with van der Waals surface area (Å²) in [7, 11) is 0. The lowest BCUT2D eigenvalue weighted by atomic mass is 9.89. The molecule has 3 nitrogen and oxygen atoms in total. The number of halogens is 1. The summed E-state index contributed by atoms with van der Waals surface area (Å²) >= 11 is 3.36. The Morgan fingerprint density at radius 2 is 2.25 bits per heavy atom. The number of pyridine rings is 1. The quantitative estimate of drug-likeness (QED) is 0.863. The maximum atomic E-state index is 5.53. The monoisotopic (exact) mass is 284 g/mol. The second-order valence-electron chi connectivity index (χ2n) is 4.16. The normalized spacial score (nSPS) is 23.9. The van der Waals surface area contributed by atoms with Gasteiger partial charge in [-0.2, -0.15) is 0 Å². The van der Waals surface area contributed by atoms with Gasteiger partial charge in [0, 0.05) is 12.6 Å². The minimum Gasteiger partial charge on any atom is -0.381 e. The zero-order valence-electron chi connectivity index (χ0n) is 9.66. The van der Waals surface area contributed by atoms with Crippen LogP contribution in [0.2, 0.25) is 0 Å². The molecule has 0 aliphatic heterocycles. The first-order valence-electron chi connectivity index (χ1n) is 5.70. The van der Waals surface area contributed by atoms with Crippen LogP contribution in [0.25, 0.3) is 0 Å². The summed E-state index contributed by atoms with van der Waals surface area (Å²) in [6.45, 7) is 4.88.